The predicted octanol–water partition coefficient (Wildman–Crippen LogP) is 1.48. The average Bonchev–Trinajstić information content (AvgIpc) is 2.28. The molecule has 0 bridgehead atoms. The molecule has 1 heterocycles. The van der Waals surface area contributed by atoms with Crippen LogP contribution in [0.25, 0.3) is 0 Å². The minimum absolute atomic E-state index is 0.178. The molecule has 1 saturated heterocycles. The van der Waals surface area contributed by atoms with Crippen molar-refractivity contribution in [2.24, 2.45) is 0 Å². The monoisotopic (exact) mass is 238 g/mol. The van der Waals surface area contributed by atoms with E-state index in [-0.39, 0.29) is 12.1 Å². The lowest BCUT2D eigenvalue weighted by Gasteiger charge is -2.40. The zero-order valence-electron chi connectivity index (χ0n) is 9.61. The number of nitrogens with zero attached hydrogens (tertiary/aromatic N) is 1. The molecule has 1 aromatic carbocycles. The summed E-state index contributed by atoms with van der Waals surface area (Å²) in [5.74, 6) is -2.49. The maximum atomic E-state index is 14.3. The van der Waals surface area contributed by atoms with E-state index in [2.05, 4.69) is 5.32 Å². The highest BCUT2D eigenvalue weighted by Gasteiger charge is 2.34. The SMILES string of the molecule is C[C@]1(F)CNCCN1c1cccc(C(=O)O)c1. The lowest BCUT2D eigenvalue weighted by atomic mass is 10.1. The van der Waals surface area contributed by atoms with Gasteiger partial charge in [0.25, 0.3) is 0 Å². The summed E-state index contributed by atoms with van der Waals surface area (Å²) >= 11 is 0. The van der Waals surface area contributed by atoms with Gasteiger partial charge >= 0.3 is 5.97 Å². The van der Waals surface area contributed by atoms with E-state index in [1.54, 1.807) is 17.0 Å². The number of piperazine rings is 1. The van der Waals surface area contributed by atoms with Gasteiger partial charge in [0.15, 0.2) is 5.79 Å². The molecule has 5 heteroatoms. The number of hydrogen-bond donors (Lipinski definition) is 2. The molecule has 1 fully saturated rings. The van der Waals surface area contributed by atoms with Crippen LogP contribution in [-0.4, -0.2) is 36.5 Å². The fraction of sp³-hybridized carbons (Fsp3) is 0.417. The first-order valence-electron chi connectivity index (χ1n) is 5.51. The molecule has 0 spiro atoms. The van der Waals surface area contributed by atoms with Crippen molar-refractivity contribution in [2.75, 3.05) is 24.5 Å². The lowest BCUT2D eigenvalue weighted by Crippen LogP contribution is -2.57. The van der Waals surface area contributed by atoms with E-state index < -0.39 is 11.8 Å². The Balaban J connectivity index is 2.32. The summed E-state index contributed by atoms with van der Waals surface area (Å²) in [6.07, 6.45) is 0. The van der Waals surface area contributed by atoms with Gasteiger partial charge in [-0.2, -0.15) is 0 Å². The number of carboxylic acids is 1. The summed E-state index contributed by atoms with van der Waals surface area (Å²) < 4.78 is 14.3. The van der Waals surface area contributed by atoms with Crippen LogP contribution in [0.15, 0.2) is 24.3 Å². The largest absolute Gasteiger partial charge is 0.478 e. The first-order valence-corrected chi connectivity index (χ1v) is 5.51. The molecule has 2 N–H and O–H groups in total. The Hall–Kier alpha value is -1.62. The van der Waals surface area contributed by atoms with Gasteiger partial charge in [-0.25, -0.2) is 9.18 Å². The second-order valence-corrected chi connectivity index (χ2v) is 4.33. The van der Waals surface area contributed by atoms with Crippen LogP contribution in [0.5, 0.6) is 0 Å². The second-order valence-electron chi connectivity index (χ2n) is 4.33. The molecule has 0 amide bonds. The van der Waals surface area contributed by atoms with Crippen LogP contribution < -0.4 is 10.2 Å². The maximum absolute atomic E-state index is 14.3. The Morgan fingerprint density at radius 1 is 1.59 bits per heavy atom. The topological polar surface area (TPSA) is 52.6 Å². The maximum Gasteiger partial charge on any atom is 0.335 e. The van der Waals surface area contributed by atoms with Crippen LogP contribution in [0, 0.1) is 0 Å². The summed E-state index contributed by atoms with van der Waals surface area (Å²) in [4.78, 5) is 12.5. The van der Waals surface area contributed by atoms with E-state index in [1.807, 2.05) is 0 Å². The molecule has 4 nitrogen and oxygen atoms in total. The zero-order valence-corrected chi connectivity index (χ0v) is 9.61. The number of benzene rings is 1. The summed E-state index contributed by atoms with van der Waals surface area (Å²) in [5, 5.41) is 11.9. The third-order valence-corrected chi connectivity index (χ3v) is 2.93. The number of hydrogen-bond acceptors (Lipinski definition) is 3. The van der Waals surface area contributed by atoms with E-state index in [0.29, 0.717) is 18.8 Å². The van der Waals surface area contributed by atoms with Crippen LogP contribution in [0.4, 0.5) is 10.1 Å². The Morgan fingerprint density at radius 2 is 2.35 bits per heavy atom. The molecular formula is C12H15FN2O2. The van der Waals surface area contributed by atoms with Crippen molar-refractivity contribution in [3.05, 3.63) is 29.8 Å². The van der Waals surface area contributed by atoms with Crippen molar-refractivity contribution in [3.8, 4) is 0 Å². The minimum atomic E-state index is -1.49. The van der Waals surface area contributed by atoms with Gasteiger partial charge in [0.05, 0.1) is 5.56 Å². The number of alkyl halides is 1. The summed E-state index contributed by atoms with van der Waals surface area (Å²) in [6.45, 7) is 2.95. The smallest absolute Gasteiger partial charge is 0.335 e. The zero-order chi connectivity index (χ0) is 12.5. The lowest BCUT2D eigenvalue weighted by molar-refractivity contribution is 0.0696. The van der Waals surface area contributed by atoms with E-state index in [0.717, 1.165) is 0 Å². The Labute approximate surface area is 99.0 Å². The fourth-order valence-electron chi connectivity index (χ4n) is 2.04. The highest BCUT2D eigenvalue weighted by molar-refractivity contribution is 5.88. The third-order valence-electron chi connectivity index (χ3n) is 2.93. The number of aromatic carboxylic acids is 1. The van der Waals surface area contributed by atoms with Gasteiger partial charge in [-0.15, -0.1) is 0 Å². The van der Waals surface area contributed by atoms with Gasteiger partial charge in [0, 0.05) is 25.3 Å². The number of rotatable bonds is 2. The van der Waals surface area contributed by atoms with Gasteiger partial charge in [0.1, 0.15) is 0 Å². The molecule has 1 aromatic rings. The molecule has 0 saturated carbocycles. The van der Waals surface area contributed by atoms with Crippen molar-refractivity contribution in [3.63, 3.8) is 0 Å². The van der Waals surface area contributed by atoms with Gasteiger partial charge in [-0.05, 0) is 25.1 Å². The Morgan fingerprint density at radius 3 is 3.00 bits per heavy atom. The molecule has 2 rings (SSSR count). The van der Waals surface area contributed by atoms with E-state index in [1.165, 1.54) is 19.1 Å². The molecule has 0 aromatic heterocycles. The Kier molecular flexibility index (Phi) is 3.02. The van der Waals surface area contributed by atoms with Crippen molar-refractivity contribution >= 4 is 11.7 Å². The number of carboxylic acid groups (broad SMARTS) is 1. The van der Waals surface area contributed by atoms with Crippen LogP contribution in [0.2, 0.25) is 0 Å². The van der Waals surface area contributed by atoms with Crippen molar-refractivity contribution in [2.45, 2.75) is 12.7 Å². The molecule has 1 aliphatic rings. The molecular weight excluding hydrogens is 223 g/mol. The normalized spacial score (nSPS) is 24.7. The Bertz CT molecular complexity index is 434. The predicted molar refractivity (Wildman–Crippen MR) is 63.1 cm³/mol. The molecule has 1 atom stereocenters. The highest BCUT2D eigenvalue weighted by Crippen LogP contribution is 2.27. The number of carbonyl (C=O) groups is 1. The molecule has 0 aliphatic carbocycles. The highest BCUT2D eigenvalue weighted by atomic mass is 19.1. The summed E-state index contributed by atoms with van der Waals surface area (Å²) in [5.41, 5.74) is 0.785. The van der Waals surface area contributed by atoms with Crippen molar-refractivity contribution in [1.29, 1.82) is 0 Å². The molecule has 0 radical (unpaired) electrons. The number of anilines is 1. The fourth-order valence-corrected chi connectivity index (χ4v) is 2.04. The third kappa shape index (κ3) is 2.39. The summed E-state index contributed by atoms with van der Waals surface area (Å²) in [6, 6.07) is 6.38. The van der Waals surface area contributed by atoms with Crippen LogP contribution in [-0.2, 0) is 0 Å². The standard InChI is InChI=1S/C12H15FN2O2/c1-12(13)8-14-5-6-15(12)10-4-2-3-9(7-10)11(16)17/h2-4,7,14H,5-6,8H2,1H3,(H,16,17)/t12-/m1/s1. The van der Waals surface area contributed by atoms with E-state index in [9.17, 15) is 9.18 Å². The van der Waals surface area contributed by atoms with Crippen LogP contribution in [0.1, 0.15) is 17.3 Å². The molecule has 1 aliphatic heterocycles. The van der Waals surface area contributed by atoms with E-state index >= 15 is 0 Å². The van der Waals surface area contributed by atoms with Crippen molar-refractivity contribution < 1.29 is 14.3 Å². The van der Waals surface area contributed by atoms with Gasteiger partial charge in [-0.3, -0.25) is 0 Å². The number of nitrogens with one attached hydrogen (secondary N) is 1. The van der Waals surface area contributed by atoms with Gasteiger partial charge in [0.2, 0.25) is 0 Å². The average molecular weight is 238 g/mol. The second kappa shape index (κ2) is 4.33. The van der Waals surface area contributed by atoms with Gasteiger partial charge < -0.3 is 15.3 Å². The number of halogens is 1. The minimum Gasteiger partial charge on any atom is -0.478 e. The van der Waals surface area contributed by atoms with Crippen molar-refractivity contribution in [1.82, 2.24) is 5.32 Å². The first kappa shape index (κ1) is 11.9. The quantitative estimate of drug-likeness (QED) is 0.766. The summed E-state index contributed by atoms with van der Waals surface area (Å²) in [7, 11) is 0. The molecule has 17 heavy (non-hydrogen) atoms. The van der Waals surface area contributed by atoms with Crippen LogP contribution in [0.3, 0.4) is 0 Å². The molecule has 92 valence electrons. The molecule has 0 unspecified atom stereocenters. The van der Waals surface area contributed by atoms with Gasteiger partial charge in [-0.1, -0.05) is 6.07 Å². The van der Waals surface area contributed by atoms with Crippen LogP contribution >= 0.6 is 0 Å². The van der Waals surface area contributed by atoms with E-state index in [4.69, 9.17) is 5.11 Å². The first-order chi connectivity index (χ1) is 8.00.